The van der Waals surface area contributed by atoms with Crippen LogP contribution < -0.4 is 0 Å². The van der Waals surface area contributed by atoms with Crippen molar-refractivity contribution in [1.82, 2.24) is 0 Å². The normalized spacial score (nSPS) is 12.0. The second-order valence-electron chi connectivity index (χ2n) is 14.0. The van der Waals surface area contributed by atoms with Crippen LogP contribution in [0, 0.1) is 0 Å². The molecule has 47 heavy (non-hydrogen) atoms. The lowest BCUT2D eigenvalue weighted by atomic mass is 10.0. The van der Waals surface area contributed by atoms with Crippen molar-refractivity contribution in [3.63, 3.8) is 0 Å². The molecule has 0 heterocycles. The molecule has 7 heteroatoms. The van der Waals surface area contributed by atoms with Crippen LogP contribution in [0.15, 0.2) is 0 Å². The van der Waals surface area contributed by atoms with Crippen molar-refractivity contribution >= 4 is 31.3 Å². The number of rotatable bonds is 42. The molecular formula is C40H83O4PS2. The highest BCUT2D eigenvalue weighted by Gasteiger charge is 2.19. The number of phosphoric ester groups is 1. The Kier molecular flexibility index (Phi) is 41.9. The summed E-state index contributed by atoms with van der Waals surface area (Å²) in [6.07, 6.45) is 43.1. The monoisotopic (exact) mass is 723 g/mol. The van der Waals surface area contributed by atoms with E-state index in [1.165, 1.54) is 191 Å². The van der Waals surface area contributed by atoms with Crippen LogP contribution in [0.1, 0.15) is 219 Å². The van der Waals surface area contributed by atoms with Gasteiger partial charge in [-0.05, 0) is 61.5 Å². The van der Waals surface area contributed by atoms with Gasteiger partial charge >= 0.3 is 7.82 Å². The number of phosphoric acid groups is 1. The molecule has 0 aromatic rings. The van der Waals surface area contributed by atoms with Gasteiger partial charge in [0, 0.05) is 0 Å². The van der Waals surface area contributed by atoms with Gasteiger partial charge < -0.3 is 4.89 Å². The highest BCUT2D eigenvalue weighted by Crippen LogP contribution is 2.43. The Morgan fingerprint density at radius 1 is 0.362 bits per heavy atom. The summed E-state index contributed by atoms with van der Waals surface area (Å²) in [5.41, 5.74) is 0. The minimum atomic E-state index is -3.89. The first-order valence-electron chi connectivity index (χ1n) is 20.9. The van der Waals surface area contributed by atoms with Crippen molar-refractivity contribution in [1.29, 1.82) is 0 Å². The molecule has 0 aromatic carbocycles. The number of thioether (sulfide) groups is 2. The minimum absolute atomic E-state index is 0.308. The van der Waals surface area contributed by atoms with E-state index in [2.05, 4.69) is 13.8 Å². The van der Waals surface area contributed by atoms with Crippen LogP contribution in [0.4, 0.5) is 0 Å². The quantitative estimate of drug-likeness (QED) is 0.0500. The second kappa shape index (κ2) is 41.2. The fourth-order valence-corrected chi connectivity index (χ4v) is 8.85. The second-order valence-corrected chi connectivity index (χ2v) is 17.9. The third-order valence-corrected chi connectivity index (χ3v) is 12.5. The predicted octanol–water partition coefficient (Wildman–Crippen LogP) is 15.1. The summed E-state index contributed by atoms with van der Waals surface area (Å²) in [6, 6.07) is 0. The van der Waals surface area contributed by atoms with Crippen LogP contribution in [-0.2, 0) is 13.6 Å². The molecule has 0 amide bonds. The fourth-order valence-electron chi connectivity index (χ4n) is 6.01. The molecule has 0 unspecified atom stereocenters. The molecule has 0 aliphatic rings. The summed E-state index contributed by atoms with van der Waals surface area (Å²) >= 11 is 4.02. The third kappa shape index (κ3) is 42.9. The van der Waals surface area contributed by atoms with Gasteiger partial charge in [0.2, 0.25) is 0 Å². The van der Waals surface area contributed by atoms with E-state index in [-0.39, 0.29) is 0 Å². The summed E-state index contributed by atoms with van der Waals surface area (Å²) < 4.78 is 22.5. The molecule has 0 saturated heterocycles. The zero-order valence-electron chi connectivity index (χ0n) is 31.8. The zero-order chi connectivity index (χ0) is 34.2. The first-order chi connectivity index (χ1) is 23.1. The Bertz CT molecular complexity index is 577. The Morgan fingerprint density at radius 3 is 0.830 bits per heavy atom. The lowest BCUT2D eigenvalue weighted by molar-refractivity contribution is 0.146. The molecule has 284 valence electrons. The van der Waals surface area contributed by atoms with Gasteiger partial charge in [-0.3, -0.25) is 9.05 Å². The van der Waals surface area contributed by atoms with Gasteiger partial charge in [0.25, 0.3) is 0 Å². The first kappa shape index (κ1) is 47.8. The van der Waals surface area contributed by atoms with E-state index in [9.17, 15) is 9.46 Å². The highest BCUT2D eigenvalue weighted by atomic mass is 32.2. The molecule has 0 fully saturated rings. The van der Waals surface area contributed by atoms with Crippen LogP contribution in [0.2, 0.25) is 0 Å². The molecule has 0 aromatic heterocycles. The third-order valence-electron chi connectivity index (χ3n) is 9.16. The minimum Gasteiger partial charge on any atom is -0.302 e. The molecule has 0 spiro atoms. The van der Waals surface area contributed by atoms with Gasteiger partial charge in [-0.1, -0.05) is 181 Å². The van der Waals surface area contributed by atoms with Crippen molar-refractivity contribution < 1.29 is 18.5 Å². The maximum atomic E-state index is 12.1. The topological polar surface area (TPSA) is 55.8 Å². The van der Waals surface area contributed by atoms with Crippen LogP contribution in [-0.4, -0.2) is 41.1 Å². The van der Waals surface area contributed by atoms with E-state index < -0.39 is 7.82 Å². The van der Waals surface area contributed by atoms with Gasteiger partial charge in [0.1, 0.15) is 0 Å². The average Bonchev–Trinajstić information content (AvgIpc) is 3.06. The summed E-state index contributed by atoms with van der Waals surface area (Å²) in [5.74, 6) is 4.68. The van der Waals surface area contributed by atoms with Gasteiger partial charge in [-0.2, -0.15) is 23.5 Å². The van der Waals surface area contributed by atoms with Crippen LogP contribution in [0.25, 0.3) is 0 Å². The van der Waals surface area contributed by atoms with Crippen molar-refractivity contribution in [2.75, 3.05) is 36.2 Å². The van der Waals surface area contributed by atoms with Crippen LogP contribution >= 0.6 is 31.3 Å². The van der Waals surface area contributed by atoms with E-state index >= 15 is 0 Å². The lowest BCUT2D eigenvalue weighted by Crippen LogP contribution is -2.00. The highest BCUT2D eigenvalue weighted by molar-refractivity contribution is 7.99. The molecule has 0 bridgehead atoms. The molecule has 0 radical (unpaired) electrons. The number of unbranched alkanes of at least 4 members (excludes halogenated alkanes) is 28. The predicted molar refractivity (Wildman–Crippen MR) is 215 cm³/mol. The van der Waals surface area contributed by atoms with E-state index in [0.717, 1.165) is 37.2 Å². The lowest BCUT2D eigenvalue weighted by Gasteiger charge is -2.12. The van der Waals surface area contributed by atoms with Gasteiger partial charge in [-0.15, -0.1) is 0 Å². The average molecular weight is 723 g/mol. The van der Waals surface area contributed by atoms with Gasteiger partial charge in [0.05, 0.1) is 13.2 Å². The Morgan fingerprint density at radius 2 is 0.574 bits per heavy atom. The van der Waals surface area contributed by atoms with Gasteiger partial charge in [-0.25, -0.2) is 4.57 Å². The molecule has 0 atom stereocenters. The fraction of sp³-hybridized carbons (Fsp3) is 1.00. The van der Waals surface area contributed by atoms with Crippen molar-refractivity contribution in [2.24, 2.45) is 0 Å². The standard InChI is InChI=1S/C40H83O4PS2/c1-3-5-7-9-11-13-15-17-19-21-23-25-27-31-37-46-39-33-29-35-43-45(41,42)44-36-30-34-40-47-38-32-28-26-24-22-20-18-16-14-12-10-8-6-4-2/h3-40H2,1-2H3,(H,41,42). The summed E-state index contributed by atoms with van der Waals surface area (Å²) in [5, 5.41) is 0. The molecular weight excluding hydrogens is 640 g/mol. The van der Waals surface area contributed by atoms with E-state index in [1.807, 2.05) is 23.5 Å². The number of hydrogen-bond acceptors (Lipinski definition) is 5. The summed E-state index contributed by atoms with van der Waals surface area (Å²) in [7, 11) is -3.89. The Labute approximate surface area is 304 Å². The SMILES string of the molecule is CCCCCCCCCCCCCCCCSCCCCOP(=O)(O)OCCCCSCCCCCCCCCCCCCCCC. The molecule has 4 nitrogen and oxygen atoms in total. The van der Waals surface area contributed by atoms with Gasteiger partial charge in [0.15, 0.2) is 0 Å². The van der Waals surface area contributed by atoms with E-state index in [4.69, 9.17) is 9.05 Å². The Balaban J connectivity index is 3.25. The van der Waals surface area contributed by atoms with Crippen LogP contribution in [0.5, 0.6) is 0 Å². The molecule has 1 N–H and O–H groups in total. The molecule has 0 rings (SSSR count). The summed E-state index contributed by atoms with van der Waals surface area (Å²) in [4.78, 5) is 9.92. The van der Waals surface area contributed by atoms with E-state index in [0.29, 0.717) is 13.2 Å². The van der Waals surface area contributed by atoms with Crippen molar-refractivity contribution in [3.8, 4) is 0 Å². The molecule has 0 aliphatic carbocycles. The first-order valence-corrected chi connectivity index (χ1v) is 24.7. The molecule has 0 aliphatic heterocycles. The smallest absolute Gasteiger partial charge is 0.302 e. The number of hydrogen-bond donors (Lipinski definition) is 1. The van der Waals surface area contributed by atoms with Crippen molar-refractivity contribution in [2.45, 2.75) is 219 Å². The largest absolute Gasteiger partial charge is 0.472 e. The summed E-state index contributed by atoms with van der Waals surface area (Å²) in [6.45, 7) is 5.19. The van der Waals surface area contributed by atoms with Crippen molar-refractivity contribution in [3.05, 3.63) is 0 Å². The maximum Gasteiger partial charge on any atom is 0.472 e. The van der Waals surface area contributed by atoms with E-state index in [1.54, 1.807) is 0 Å². The Hall–Kier alpha value is 0.810. The maximum absolute atomic E-state index is 12.1. The zero-order valence-corrected chi connectivity index (χ0v) is 34.3. The van der Waals surface area contributed by atoms with Crippen LogP contribution in [0.3, 0.4) is 0 Å². The molecule has 0 saturated carbocycles.